The van der Waals surface area contributed by atoms with Crippen molar-refractivity contribution < 1.29 is 14.8 Å². The molecular formula is C13H18N2O4. The van der Waals surface area contributed by atoms with Gasteiger partial charge in [0.2, 0.25) is 0 Å². The highest BCUT2D eigenvalue weighted by atomic mass is 16.6. The van der Waals surface area contributed by atoms with Gasteiger partial charge in [-0.15, -0.1) is 0 Å². The summed E-state index contributed by atoms with van der Waals surface area (Å²) >= 11 is 0. The van der Waals surface area contributed by atoms with Crippen molar-refractivity contribution in [1.29, 1.82) is 0 Å². The molecule has 104 valence electrons. The molecule has 0 aromatic heterocycles. The summed E-state index contributed by atoms with van der Waals surface area (Å²) < 4.78 is 0. The summed E-state index contributed by atoms with van der Waals surface area (Å²) in [5, 5.41) is 23.0. The molecule has 0 aliphatic carbocycles. The Labute approximate surface area is 111 Å². The number of nitrogens with one attached hydrogen (secondary N) is 1. The molecule has 0 spiro atoms. The van der Waals surface area contributed by atoms with E-state index in [2.05, 4.69) is 5.32 Å². The molecular weight excluding hydrogens is 248 g/mol. The first-order valence-corrected chi connectivity index (χ1v) is 6.05. The highest BCUT2D eigenvalue weighted by molar-refractivity contribution is 5.72. The van der Waals surface area contributed by atoms with Crippen LogP contribution in [0, 0.1) is 28.9 Å². The fourth-order valence-corrected chi connectivity index (χ4v) is 1.87. The van der Waals surface area contributed by atoms with Crippen LogP contribution in [0.15, 0.2) is 18.2 Å². The monoisotopic (exact) mass is 266 g/mol. The zero-order valence-corrected chi connectivity index (χ0v) is 11.2. The largest absolute Gasteiger partial charge is 0.481 e. The van der Waals surface area contributed by atoms with Crippen LogP contribution in [0.25, 0.3) is 0 Å². The van der Waals surface area contributed by atoms with Crippen LogP contribution in [-0.2, 0) is 4.79 Å². The summed E-state index contributed by atoms with van der Waals surface area (Å²) in [5.74, 6) is -1.54. The smallest absolute Gasteiger partial charge is 0.308 e. The molecule has 2 N–H and O–H groups in total. The summed E-state index contributed by atoms with van der Waals surface area (Å²) in [6.45, 7) is 5.44. The summed E-state index contributed by atoms with van der Waals surface area (Å²) in [7, 11) is 0. The van der Waals surface area contributed by atoms with Gasteiger partial charge in [0.15, 0.2) is 0 Å². The highest BCUT2D eigenvalue weighted by Gasteiger charge is 2.23. The first kappa shape index (κ1) is 14.9. The van der Waals surface area contributed by atoms with Gasteiger partial charge in [-0.05, 0) is 18.9 Å². The Balaban J connectivity index is 2.91. The summed E-state index contributed by atoms with van der Waals surface area (Å²) in [5.41, 5.74) is 0.902. The zero-order valence-electron chi connectivity index (χ0n) is 11.2. The van der Waals surface area contributed by atoms with Crippen molar-refractivity contribution in [1.82, 2.24) is 0 Å². The number of carbonyl (C=O) groups is 1. The van der Waals surface area contributed by atoms with Gasteiger partial charge in [-0.25, -0.2) is 0 Å². The molecule has 0 saturated carbocycles. The van der Waals surface area contributed by atoms with Crippen molar-refractivity contribution in [3.63, 3.8) is 0 Å². The Morgan fingerprint density at radius 1 is 1.47 bits per heavy atom. The molecule has 1 aromatic carbocycles. The molecule has 0 aliphatic rings. The molecule has 0 bridgehead atoms. The van der Waals surface area contributed by atoms with Crippen molar-refractivity contribution in [3.8, 4) is 0 Å². The lowest BCUT2D eigenvalue weighted by Gasteiger charge is -2.17. The number of nitrogens with zero attached hydrogens (tertiary/aromatic N) is 1. The number of benzene rings is 1. The maximum Gasteiger partial charge on any atom is 0.308 e. The third-order valence-electron chi connectivity index (χ3n) is 3.05. The maximum atomic E-state index is 11.1. The average Bonchev–Trinajstić information content (AvgIpc) is 2.27. The van der Waals surface area contributed by atoms with E-state index in [0.717, 1.165) is 0 Å². The van der Waals surface area contributed by atoms with Gasteiger partial charge in [0, 0.05) is 12.1 Å². The van der Waals surface area contributed by atoms with E-state index < -0.39 is 16.8 Å². The van der Waals surface area contributed by atoms with Gasteiger partial charge in [0.25, 0.3) is 5.69 Å². The summed E-state index contributed by atoms with van der Waals surface area (Å²) in [6.07, 6.45) is 0. The summed E-state index contributed by atoms with van der Waals surface area (Å²) in [4.78, 5) is 21.6. The van der Waals surface area contributed by atoms with Gasteiger partial charge in [-0.1, -0.05) is 26.0 Å². The lowest BCUT2D eigenvalue weighted by Crippen LogP contribution is -2.27. The molecule has 1 atom stereocenters. The van der Waals surface area contributed by atoms with Gasteiger partial charge >= 0.3 is 5.97 Å². The molecule has 0 amide bonds. The van der Waals surface area contributed by atoms with Crippen LogP contribution in [-0.4, -0.2) is 22.5 Å². The molecule has 0 heterocycles. The maximum absolute atomic E-state index is 11.1. The third-order valence-corrected chi connectivity index (χ3v) is 3.05. The number of aliphatic carboxylic acids is 1. The molecule has 0 radical (unpaired) electrons. The van der Waals surface area contributed by atoms with Crippen molar-refractivity contribution in [3.05, 3.63) is 33.9 Å². The Kier molecular flexibility index (Phi) is 4.86. The number of para-hydroxylation sites is 1. The number of rotatable bonds is 6. The first-order valence-electron chi connectivity index (χ1n) is 6.05. The van der Waals surface area contributed by atoms with E-state index in [-0.39, 0.29) is 18.2 Å². The van der Waals surface area contributed by atoms with Crippen LogP contribution in [0.5, 0.6) is 0 Å². The van der Waals surface area contributed by atoms with Crippen LogP contribution >= 0.6 is 0 Å². The predicted octanol–water partition coefficient (Wildman–Crippen LogP) is 2.67. The second-order valence-corrected chi connectivity index (χ2v) is 4.80. The van der Waals surface area contributed by atoms with E-state index in [4.69, 9.17) is 5.11 Å². The molecule has 1 aromatic rings. The number of anilines is 1. The molecule has 6 heteroatoms. The number of nitro groups is 1. The quantitative estimate of drug-likeness (QED) is 0.610. The fourth-order valence-electron chi connectivity index (χ4n) is 1.87. The molecule has 1 rings (SSSR count). The SMILES string of the molecule is Cc1cccc(NCC(C(=O)O)C(C)C)c1[N+](=O)[O-]. The third kappa shape index (κ3) is 3.67. The molecule has 0 saturated heterocycles. The number of aryl methyl sites for hydroxylation is 1. The molecule has 6 nitrogen and oxygen atoms in total. The Morgan fingerprint density at radius 2 is 2.11 bits per heavy atom. The Bertz CT molecular complexity index is 486. The Hall–Kier alpha value is -2.11. The van der Waals surface area contributed by atoms with Crippen LogP contribution in [0.2, 0.25) is 0 Å². The highest BCUT2D eigenvalue weighted by Crippen LogP contribution is 2.28. The topological polar surface area (TPSA) is 92.5 Å². The number of hydrogen-bond acceptors (Lipinski definition) is 4. The number of nitro benzene ring substituents is 1. The minimum Gasteiger partial charge on any atom is -0.481 e. The molecule has 0 fully saturated rings. The van der Waals surface area contributed by atoms with Crippen molar-refractivity contribution >= 4 is 17.3 Å². The summed E-state index contributed by atoms with van der Waals surface area (Å²) in [6, 6.07) is 4.95. The van der Waals surface area contributed by atoms with E-state index in [1.165, 1.54) is 0 Å². The van der Waals surface area contributed by atoms with Gasteiger partial charge < -0.3 is 10.4 Å². The first-order chi connectivity index (χ1) is 8.84. The number of hydrogen-bond donors (Lipinski definition) is 2. The van der Waals surface area contributed by atoms with E-state index >= 15 is 0 Å². The number of carboxylic acid groups (broad SMARTS) is 1. The van der Waals surface area contributed by atoms with E-state index in [0.29, 0.717) is 11.3 Å². The molecule has 19 heavy (non-hydrogen) atoms. The second-order valence-electron chi connectivity index (χ2n) is 4.80. The second kappa shape index (κ2) is 6.17. The van der Waals surface area contributed by atoms with Crippen LogP contribution < -0.4 is 5.32 Å². The van der Waals surface area contributed by atoms with E-state index in [1.807, 2.05) is 13.8 Å². The fraction of sp³-hybridized carbons (Fsp3) is 0.462. The number of carboxylic acids is 1. The van der Waals surface area contributed by atoms with Crippen molar-refractivity contribution in [2.45, 2.75) is 20.8 Å². The minimum atomic E-state index is -0.905. The van der Waals surface area contributed by atoms with Crippen molar-refractivity contribution in [2.75, 3.05) is 11.9 Å². The molecule has 1 unspecified atom stereocenters. The standard InChI is InChI=1S/C13H18N2O4/c1-8(2)10(13(16)17)7-14-11-6-4-5-9(3)12(11)15(18)19/h4-6,8,10,14H,7H2,1-3H3,(H,16,17). The van der Waals surface area contributed by atoms with Gasteiger partial charge in [-0.2, -0.15) is 0 Å². The lowest BCUT2D eigenvalue weighted by molar-refractivity contribution is -0.384. The zero-order chi connectivity index (χ0) is 14.6. The Morgan fingerprint density at radius 3 is 2.58 bits per heavy atom. The lowest BCUT2D eigenvalue weighted by atomic mass is 9.96. The predicted molar refractivity (Wildman–Crippen MR) is 72.3 cm³/mol. The normalized spacial score (nSPS) is 12.2. The van der Waals surface area contributed by atoms with Gasteiger partial charge in [-0.3, -0.25) is 14.9 Å². The minimum absolute atomic E-state index is 0.00426. The van der Waals surface area contributed by atoms with E-state index in [1.54, 1.807) is 25.1 Å². The average molecular weight is 266 g/mol. The van der Waals surface area contributed by atoms with Crippen LogP contribution in [0.3, 0.4) is 0 Å². The molecule has 0 aliphatic heterocycles. The van der Waals surface area contributed by atoms with Gasteiger partial charge in [0.05, 0.1) is 10.8 Å². The van der Waals surface area contributed by atoms with Crippen molar-refractivity contribution in [2.24, 2.45) is 11.8 Å². The van der Waals surface area contributed by atoms with Gasteiger partial charge in [0.1, 0.15) is 5.69 Å². The van der Waals surface area contributed by atoms with E-state index in [9.17, 15) is 14.9 Å². The van der Waals surface area contributed by atoms with Crippen LogP contribution in [0.1, 0.15) is 19.4 Å². The van der Waals surface area contributed by atoms with Crippen LogP contribution in [0.4, 0.5) is 11.4 Å².